The Kier molecular flexibility index (Phi) is 4.96. The summed E-state index contributed by atoms with van der Waals surface area (Å²) >= 11 is 5.88. The van der Waals surface area contributed by atoms with Crippen molar-refractivity contribution in [3.05, 3.63) is 16.9 Å². The molecule has 0 unspecified atom stereocenters. The van der Waals surface area contributed by atoms with Crippen LogP contribution in [-0.2, 0) is 7.05 Å². The molecule has 0 amide bonds. The van der Waals surface area contributed by atoms with Crippen molar-refractivity contribution in [1.82, 2.24) is 15.1 Å². The van der Waals surface area contributed by atoms with Crippen molar-refractivity contribution in [2.75, 3.05) is 6.54 Å². The number of nitrogens with one attached hydrogen (secondary N) is 1. The molecule has 0 aliphatic heterocycles. The molecule has 1 aromatic rings. The highest BCUT2D eigenvalue weighted by Gasteiger charge is 2.14. The van der Waals surface area contributed by atoms with Crippen LogP contribution in [0, 0.1) is 0 Å². The summed E-state index contributed by atoms with van der Waals surface area (Å²) in [5.41, 5.74) is 0.506. The number of carbonyl (C=O) groups excluding carboxylic acids is 1. The summed E-state index contributed by atoms with van der Waals surface area (Å²) in [6.45, 7) is 5.01. The van der Waals surface area contributed by atoms with Gasteiger partial charge in [0.15, 0.2) is 5.78 Å². The summed E-state index contributed by atoms with van der Waals surface area (Å²) in [4.78, 5) is 11.8. The molecular weight excluding hydrogens is 226 g/mol. The number of carbonyl (C=O) groups is 1. The van der Waals surface area contributed by atoms with Crippen LogP contribution in [-0.4, -0.2) is 28.2 Å². The predicted molar refractivity (Wildman–Crippen MR) is 64.9 cm³/mol. The van der Waals surface area contributed by atoms with Crippen molar-refractivity contribution < 1.29 is 4.79 Å². The molecule has 90 valence electrons. The van der Waals surface area contributed by atoms with Crippen molar-refractivity contribution in [3.63, 3.8) is 0 Å². The van der Waals surface area contributed by atoms with E-state index in [0.717, 1.165) is 13.0 Å². The molecule has 0 aliphatic carbocycles. The Hall–Kier alpha value is -0.870. The van der Waals surface area contributed by atoms with Gasteiger partial charge in [-0.05, 0) is 13.0 Å². The zero-order valence-electron chi connectivity index (χ0n) is 9.96. The predicted octanol–water partition coefficient (Wildman–Crippen LogP) is 2.03. The van der Waals surface area contributed by atoms with Crippen LogP contribution >= 0.6 is 11.6 Å². The second kappa shape index (κ2) is 6.01. The number of aromatic nitrogens is 2. The van der Waals surface area contributed by atoms with Crippen molar-refractivity contribution in [2.45, 2.75) is 32.7 Å². The van der Waals surface area contributed by atoms with Crippen LogP contribution in [0.15, 0.2) is 6.20 Å². The van der Waals surface area contributed by atoms with Gasteiger partial charge >= 0.3 is 0 Å². The molecule has 4 nitrogen and oxygen atoms in total. The molecule has 0 aromatic carbocycles. The van der Waals surface area contributed by atoms with E-state index >= 15 is 0 Å². The zero-order chi connectivity index (χ0) is 12.1. The minimum atomic E-state index is 0.0514. The van der Waals surface area contributed by atoms with E-state index in [0.29, 0.717) is 23.2 Å². The first-order valence-electron chi connectivity index (χ1n) is 5.46. The summed E-state index contributed by atoms with van der Waals surface area (Å²) in [7, 11) is 1.73. The first-order chi connectivity index (χ1) is 7.52. The van der Waals surface area contributed by atoms with Gasteiger partial charge in [-0.15, -0.1) is 0 Å². The third kappa shape index (κ3) is 3.61. The Morgan fingerprint density at radius 2 is 2.31 bits per heavy atom. The zero-order valence-corrected chi connectivity index (χ0v) is 10.7. The lowest BCUT2D eigenvalue weighted by Gasteiger charge is -2.07. The molecule has 0 fully saturated rings. The minimum Gasteiger partial charge on any atom is -0.315 e. The minimum absolute atomic E-state index is 0.0514. The number of hydrogen-bond donors (Lipinski definition) is 1. The normalized spacial score (nSPS) is 11.1. The topological polar surface area (TPSA) is 46.9 Å². The Bertz CT molecular complexity index is 341. The standard InChI is InChI=1S/C11H18ClN3O/c1-8(2)13-6-4-5-10(16)11-9(12)7-14-15(11)3/h7-8,13H,4-6H2,1-3H3. The third-order valence-corrected chi connectivity index (χ3v) is 2.57. The fourth-order valence-electron chi connectivity index (χ4n) is 1.48. The molecule has 5 heteroatoms. The highest BCUT2D eigenvalue weighted by molar-refractivity contribution is 6.33. The van der Waals surface area contributed by atoms with E-state index in [2.05, 4.69) is 24.3 Å². The number of nitrogens with zero attached hydrogens (tertiary/aromatic N) is 2. The second-order valence-electron chi connectivity index (χ2n) is 4.10. The maximum Gasteiger partial charge on any atom is 0.182 e. The Labute approximate surface area is 101 Å². The first-order valence-corrected chi connectivity index (χ1v) is 5.84. The van der Waals surface area contributed by atoms with Gasteiger partial charge < -0.3 is 5.32 Å². The van der Waals surface area contributed by atoms with Crippen LogP contribution < -0.4 is 5.32 Å². The van der Waals surface area contributed by atoms with E-state index in [-0.39, 0.29) is 5.78 Å². The highest BCUT2D eigenvalue weighted by Crippen LogP contribution is 2.16. The second-order valence-corrected chi connectivity index (χ2v) is 4.51. The summed E-state index contributed by atoms with van der Waals surface area (Å²) in [6.07, 6.45) is 2.82. The number of ketones is 1. The van der Waals surface area contributed by atoms with Crippen molar-refractivity contribution in [3.8, 4) is 0 Å². The Morgan fingerprint density at radius 3 is 2.81 bits per heavy atom. The Balaban J connectivity index is 2.41. The van der Waals surface area contributed by atoms with E-state index in [4.69, 9.17) is 11.6 Å². The number of hydrogen-bond acceptors (Lipinski definition) is 3. The lowest BCUT2D eigenvalue weighted by Crippen LogP contribution is -2.24. The molecule has 1 rings (SSSR count). The molecule has 0 atom stereocenters. The number of halogens is 1. The van der Waals surface area contributed by atoms with E-state index in [9.17, 15) is 4.79 Å². The van der Waals surface area contributed by atoms with Crippen LogP contribution in [0.25, 0.3) is 0 Å². The van der Waals surface area contributed by atoms with Crippen LogP contribution in [0.3, 0.4) is 0 Å². The fourth-order valence-corrected chi connectivity index (χ4v) is 1.75. The summed E-state index contributed by atoms with van der Waals surface area (Å²) < 4.78 is 1.53. The smallest absolute Gasteiger partial charge is 0.182 e. The number of aryl methyl sites for hydroxylation is 1. The van der Waals surface area contributed by atoms with Crippen molar-refractivity contribution in [2.24, 2.45) is 7.05 Å². The van der Waals surface area contributed by atoms with Crippen LogP contribution in [0.2, 0.25) is 5.02 Å². The van der Waals surface area contributed by atoms with Gasteiger partial charge in [-0.1, -0.05) is 25.4 Å². The third-order valence-electron chi connectivity index (χ3n) is 2.29. The van der Waals surface area contributed by atoms with Gasteiger partial charge in [-0.3, -0.25) is 9.48 Å². The van der Waals surface area contributed by atoms with Crippen molar-refractivity contribution >= 4 is 17.4 Å². The van der Waals surface area contributed by atoms with Gasteiger partial charge in [0, 0.05) is 19.5 Å². The largest absolute Gasteiger partial charge is 0.315 e. The van der Waals surface area contributed by atoms with Gasteiger partial charge in [0.2, 0.25) is 0 Å². The van der Waals surface area contributed by atoms with E-state index in [1.165, 1.54) is 10.9 Å². The maximum atomic E-state index is 11.8. The van der Waals surface area contributed by atoms with Gasteiger partial charge in [-0.25, -0.2) is 0 Å². The molecule has 1 heterocycles. The molecule has 1 aromatic heterocycles. The van der Waals surface area contributed by atoms with Gasteiger partial charge in [0.1, 0.15) is 5.69 Å². The SMILES string of the molecule is CC(C)NCCCC(=O)c1c(Cl)cnn1C. The quantitative estimate of drug-likeness (QED) is 0.614. The average Bonchev–Trinajstić information content (AvgIpc) is 2.53. The maximum absolute atomic E-state index is 11.8. The van der Waals surface area contributed by atoms with Crippen LogP contribution in [0.1, 0.15) is 37.2 Å². The molecule has 0 spiro atoms. The molecule has 16 heavy (non-hydrogen) atoms. The van der Waals surface area contributed by atoms with E-state index in [1.54, 1.807) is 7.05 Å². The van der Waals surface area contributed by atoms with E-state index in [1.807, 2.05) is 0 Å². The summed E-state index contributed by atoms with van der Waals surface area (Å²) in [5.74, 6) is 0.0514. The lowest BCUT2D eigenvalue weighted by atomic mass is 10.1. The Morgan fingerprint density at radius 1 is 1.62 bits per heavy atom. The molecular formula is C11H18ClN3O. The highest BCUT2D eigenvalue weighted by atomic mass is 35.5. The van der Waals surface area contributed by atoms with Crippen LogP contribution in [0.4, 0.5) is 0 Å². The van der Waals surface area contributed by atoms with Gasteiger partial charge in [0.25, 0.3) is 0 Å². The van der Waals surface area contributed by atoms with Gasteiger partial charge in [-0.2, -0.15) is 5.10 Å². The van der Waals surface area contributed by atoms with E-state index < -0.39 is 0 Å². The molecule has 0 radical (unpaired) electrons. The summed E-state index contributed by atoms with van der Waals surface area (Å²) in [6, 6.07) is 0.454. The molecule has 0 saturated carbocycles. The number of rotatable bonds is 6. The summed E-state index contributed by atoms with van der Waals surface area (Å²) in [5, 5.41) is 7.64. The molecule has 0 bridgehead atoms. The number of Topliss-reactive ketones (excluding diaryl/α,β-unsaturated/α-hetero) is 1. The molecule has 1 N–H and O–H groups in total. The first kappa shape index (κ1) is 13.2. The molecule has 0 saturated heterocycles. The van der Waals surface area contributed by atoms with Crippen molar-refractivity contribution in [1.29, 1.82) is 0 Å². The fraction of sp³-hybridized carbons (Fsp3) is 0.636. The monoisotopic (exact) mass is 243 g/mol. The van der Waals surface area contributed by atoms with Crippen LogP contribution in [0.5, 0.6) is 0 Å². The average molecular weight is 244 g/mol. The lowest BCUT2D eigenvalue weighted by molar-refractivity contribution is 0.0971. The molecule has 0 aliphatic rings. The van der Waals surface area contributed by atoms with Gasteiger partial charge in [0.05, 0.1) is 11.2 Å².